The molecule has 1 amide bonds. The van der Waals surface area contributed by atoms with Crippen molar-refractivity contribution in [1.29, 1.82) is 0 Å². The van der Waals surface area contributed by atoms with Crippen molar-refractivity contribution in [3.8, 4) is 0 Å². The maximum absolute atomic E-state index is 13.2. The fourth-order valence-corrected chi connectivity index (χ4v) is 4.69. The van der Waals surface area contributed by atoms with Crippen molar-refractivity contribution in [3.63, 3.8) is 0 Å². The minimum atomic E-state index is -1.54. The van der Waals surface area contributed by atoms with Gasteiger partial charge in [-0.1, -0.05) is 0 Å². The number of carbonyl (C=O) groups excluding carboxylic acids is 1. The zero-order valence-electron chi connectivity index (χ0n) is 19.9. The van der Waals surface area contributed by atoms with Crippen molar-refractivity contribution in [2.75, 3.05) is 7.05 Å². The monoisotopic (exact) mass is 469 g/mol. The molecule has 0 saturated heterocycles. The van der Waals surface area contributed by atoms with Gasteiger partial charge in [0, 0.05) is 36.5 Å². The van der Waals surface area contributed by atoms with E-state index in [1.165, 1.54) is 10.8 Å². The Hall–Kier alpha value is -3.24. The van der Waals surface area contributed by atoms with Gasteiger partial charge in [-0.25, -0.2) is 9.78 Å². The summed E-state index contributed by atoms with van der Waals surface area (Å²) < 4.78 is 3.25. The molecule has 3 N–H and O–H groups in total. The zero-order chi connectivity index (χ0) is 24.8. The van der Waals surface area contributed by atoms with Crippen LogP contribution in [0.15, 0.2) is 40.3 Å². The minimum absolute atomic E-state index is 0.149. The minimum Gasteiger partial charge on any atom is -0.390 e. The molecule has 0 aliphatic heterocycles. The molecular weight excluding hydrogens is 438 g/mol. The average molecular weight is 470 g/mol. The fourth-order valence-electron chi connectivity index (χ4n) is 4.69. The van der Waals surface area contributed by atoms with E-state index in [0.29, 0.717) is 17.5 Å². The standard InChI is InChI=1S/C24H31N5O5/c1-14(2)29-13-25-18-9-16(5-6-19(18)29)22(32)27(4)17-7-8-24(34,20(30)10-17)12-28-11-15(3)21(31)26-23(28)33/h5-6,9,11,13-14,17,20,30,34H,7-8,10,12H2,1-4H3,(H,26,31,33)/t17-,20+,24+/m0/s1. The lowest BCUT2D eigenvalue weighted by Gasteiger charge is -2.43. The summed E-state index contributed by atoms with van der Waals surface area (Å²) in [5.74, 6) is -0.184. The molecule has 1 aliphatic carbocycles. The molecule has 2 heterocycles. The average Bonchev–Trinajstić information content (AvgIpc) is 3.22. The molecule has 3 aromatic rings. The van der Waals surface area contributed by atoms with Crippen LogP contribution >= 0.6 is 0 Å². The van der Waals surface area contributed by atoms with Crippen molar-refractivity contribution in [3.05, 3.63) is 62.7 Å². The number of hydrogen-bond donors (Lipinski definition) is 3. The van der Waals surface area contributed by atoms with Crippen LogP contribution in [0.25, 0.3) is 11.0 Å². The van der Waals surface area contributed by atoms with Gasteiger partial charge in [-0.15, -0.1) is 0 Å². The Morgan fingerprint density at radius 3 is 2.76 bits per heavy atom. The Kier molecular flexibility index (Phi) is 6.22. The number of aliphatic hydroxyl groups excluding tert-OH is 1. The van der Waals surface area contributed by atoms with Gasteiger partial charge in [0.05, 0.1) is 30.0 Å². The number of carbonyl (C=O) groups is 1. The smallest absolute Gasteiger partial charge is 0.328 e. The molecule has 2 aromatic heterocycles. The predicted octanol–water partition coefficient (Wildman–Crippen LogP) is 1.19. The molecule has 1 saturated carbocycles. The number of benzene rings is 1. The van der Waals surface area contributed by atoms with E-state index in [0.717, 1.165) is 11.0 Å². The van der Waals surface area contributed by atoms with E-state index in [4.69, 9.17) is 0 Å². The second-order valence-electron chi connectivity index (χ2n) is 9.61. The molecule has 34 heavy (non-hydrogen) atoms. The highest BCUT2D eigenvalue weighted by Crippen LogP contribution is 2.33. The number of aromatic amines is 1. The highest BCUT2D eigenvalue weighted by molar-refractivity contribution is 5.97. The molecule has 1 aliphatic rings. The number of nitrogens with one attached hydrogen (secondary N) is 1. The molecule has 182 valence electrons. The van der Waals surface area contributed by atoms with Crippen LogP contribution < -0.4 is 11.2 Å². The lowest BCUT2D eigenvalue weighted by atomic mass is 9.79. The number of hydrogen-bond acceptors (Lipinski definition) is 6. The SMILES string of the molecule is Cc1cn(C[C@]2(O)CC[C@H](N(C)C(=O)c3ccc4c(c3)ncn4C(C)C)C[C@H]2O)c(=O)[nH]c1=O. The van der Waals surface area contributed by atoms with Gasteiger partial charge in [0.1, 0.15) is 5.60 Å². The first-order chi connectivity index (χ1) is 16.0. The highest BCUT2D eigenvalue weighted by Gasteiger charge is 2.43. The van der Waals surface area contributed by atoms with Crippen molar-refractivity contribution < 1.29 is 15.0 Å². The maximum Gasteiger partial charge on any atom is 0.328 e. The number of H-pyrrole nitrogens is 1. The molecule has 0 spiro atoms. The van der Waals surface area contributed by atoms with E-state index >= 15 is 0 Å². The number of rotatable bonds is 5. The molecule has 0 bridgehead atoms. The van der Waals surface area contributed by atoms with E-state index in [9.17, 15) is 24.6 Å². The van der Waals surface area contributed by atoms with Crippen LogP contribution in [-0.2, 0) is 6.54 Å². The van der Waals surface area contributed by atoms with Gasteiger partial charge in [0.25, 0.3) is 11.5 Å². The van der Waals surface area contributed by atoms with Crippen LogP contribution in [0.3, 0.4) is 0 Å². The zero-order valence-corrected chi connectivity index (χ0v) is 19.9. The van der Waals surface area contributed by atoms with Crippen LogP contribution in [0, 0.1) is 6.92 Å². The van der Waals surface area contributed by atoms with E-state index in [2.05, 4.69) is 23.8 Å². The number of nitrogens with zero attached hydrogens (tertiary/aromatic N) is 4. The third-order valence-corrected chi connectivity index (χ3v) is 6.91. The van der Waals surface area contributed by atoms with Gasteiger partial charge in [0.2, 0.25) is 0 Å². The largest absolute Gasteiger partial charge is 0.390 e. The molecule has 10 nitrogen and oxygen atoms in total. The van der Waals surface area contributed by atoms with Gasteiger partial charge in [-0.2, -0.15) is 0 Å². The van der Waals surface area contributed by atoms with Crippen molar-refractivity contribution in [2.24, 2.45) is 0 Å². The summed E-state index contributed by atoms with van der Waals surface area (Å²) in [7, 11) is 1.69. The second-order valence-corrected chi connectivity index (χ2v) is 9.61. The Bertz CT molecular complexity index is 1340. The topological polar surface area (TPSA) is 133 Å². The third-order valence-electron chi connectivity index (χ3n) is 6.91. The van der Waals surface area contributed by atoms with Gasteiger partial charge in [-0.3, -0.25) is 19.1 Å². The van der Waals surface area contributed by atoms with Crippen LogP contribution in [0.5, 0.6) is 0 Å². The number of imidazole rings is 1. The normalized spacial score (nSPS) is 22.9. The first-order valence-electron chi connectivity index (χ1n) is 11.4. The summed E-state index contributed by atoms with van der Waals surface area (Å²) in [6.07, 6.45) is 2.81. The highest BCUT2D eigenvalue weighted by atomic mass is 16.3. The Morgan fingerprint density at radius 2 is 2.09 bits per heavy atom. The van der Waals surface area contributed by atoms with E-state index in [1.54, 1.807) is 37.3 Å². The fraction of sp³-hybridized carbons (Fsp3) is 0.500. The van der Waals surface area contributed by atoms with E-state index in [1.807, 2.05) is 10.6 Å². The predicted molar refractivity (Wildman–Crippen MR) is 127 cm³/mol. The lowest BCUT2D eigenvalue weighted by Crippen LogP contribution is -2.55. The molecule has 1 fully saturated rings. The van der Waals surface area contributed by atoms with E-state index < -0.39 is 23.0 Å². The summed E-state index contributed by atoms with van der Waals surface area (Å²) in [5.41, 5.74) is -0.112. The van der Waals surface area contributed by atoms with Crippen molar-refractivity contribution in [1.82, 2.24) is 24.0 Å². The molecular formula is C24H31N5O5. The molecule has 10 heteroatoms. The number of amides is 1. The molecule has 4 rings (SSSR count). The number of fused-ring (bicyclic) bond motifs is 1. The van der Waals surface area contributed by atoms with Crippen LogP contribution in [0.2, 0.25) is 0 Å². The Morgan fingerprint density at radius 1 is 1.35 bits per heavy atom. The van der Waals surface area contributed by atoms with Crippen LogP contribution in [0.1, 0.15) is 55.1 Å². The van der Waals surface area contributed by atoms with Gasteiger partial charge < -0.3 is 19.7 Å². The van der Waals surface area contributed by atoms with Gasteiger partial charge in [-0.05, 0) is 58.2 Å². The first-order valence-corrected chi connectivity index (χ1v) is 11.4. The van der Waals surface area contributed by atoms with Crippen LogP contribution in [0.4, 0.5) is 0 Å². The summed E-state index contributed by atoms with van der Waals surface area (Å²) in [6.45, 7) is 5.55. The second kappa shape index (κ2) is 8.84. The van der Waals surface area contributed by atoms with Crippen molar-refractivity contribution >= 4 is 16.9 Å². The lowest BCUT2D eigenvalue weighted by molar-refractivity contribution is -0.122. The Balaban J connectivity index is 1.48. The summed E-state index contributed by atoms with van der Waals surface area (Å²) >= 11 is 0. The summed E-state index contributed by atoms with van der Waals surface area (Å²) in [5, 5.41) is 21.9. The number of aromatic nitrogens is 4. The van der Waals surface area contributed by atoms with Crippen molar-refractivity contribution in [2.45, 2.75) is 70.4 Å². The number of aryl methyl sites for hydroxylation is 1. The molecule has 0 unspecified atom stereocenters. The quantitative estimate of drug-likeness (QED) is 0.514. The van der Waals surface area contributed by atoms with Gasteiger partial charge in [0.15, 0.2) is 0 Å². The van der Waals surface area contributed by atoms with Crippen LogP contribution in [-0.4, -0.2) is 64.9 Å². The molecule has 0 radical (unpaired) electrons. The Labute approximate surface area is 196 Å². The third kappa shape index (κ3) is 4.30. The number of aliphatic hydroxyl groups is 2. The molecule has 3 atom stereocenters. The summed E-state index contributed by atoms with van der Waals surface area (Å²) in [4.78, 5) is 45.1. The molecule has 1 aromatic carbocycles. The van der Waals surface area contributed by atoms with Gasteiger partial charge >= 0.3 is 5.69 Å². The first kappa shape index (κ1) is 23.9. The maximum atomic E-state index is 13.2. The summed E-state index contributed by atoms with van der Waals surface area (Å²) in [6, 6.07) is 5.42. The van der Waals surface area contributed by atoms with E-state index in [-0.39, 0.29) is 37.4 Å².